The molecule has 1 heterocycles. The van der Waals surface area contributed by atoms with Crippen molar-refractivity contribution in [1.82, 2.24) is 9.55 Å². The zero-order chi connectivity index (χ0) is 15.5. The number of fused-ring (bicyclic) bond motifs is 1. The normalized spacial score (nSPS) is 10.8. The first kappa shape index (κ1) is 14.6. The molecule has 3 rings (SSSR count). The molecule has 0 spiro atoms. The van der Waals surface area contributed by atoms with Crippen LogP contribution in [-0.4, -0.2) is 21.3 Å². The van der Waals surface area contributed by atoms with Crippen molar-refractivity contribution in [1.29, 1.82) is 0 Å². The molecule has 3 aromatic rings. The molecular weight excluding hydrogens is 302 g/mol. The van der Waals surface area contributed by atoms with E-state index in [1.807, 2.05) is 6.07 Å². The lowest BCUT2D eigenvalue weighted by Gasteiger charge is -2.14. The summed E-state index contributed by atoms with van der Waals surface area (Å²) in [4.78, 5) is 17.0. The highest BCUT2D eigenvalue weighted by molar-refractivity contribution is 6.30. The molecule has 2 N–H and O–H groups in total. The number of nitrogens with zero attached hydrogens (tertiary/aromatic N) is 2. The molecule has 0 amide bonds. The van der Waals surface area contributed by atoms with E-state index in [0.717, 1.165) is 5.69 Å². The standard InChI is InChI=1S/C16H14ClN3O2/c17-11-5-7-12(8-6-11)18-16-19-14-4-2-1-3-13(14)15(22)20(16)9-10-21/h1-8,21H,9-10H2,(H,18,19). The average Bonchev–Trinajstić information content (AvgIpc) is 2.53. The Bertz CT molecular complexity index is 859. The highest BCUT2D eigenvalue weighted by atomic mass is 35.5. The topological polar surface area (TPSA) is 67.2 Å². The molecule has 2 aromatic carbocycles. The van der Waals surface area contributed by atoms with Crippen LogP contribution in [0.15, 0.2) is 53.3 Å². The van der Waals surface area contributed by atoms with Gasteiger partial charge in [-0.2, -0.15) is 0 Å². The predicted molar refractivity (Wildman–Crippen MR) is 87.8 cm³/mol. The third kappa shape index (κ3) is 2.81. The van der Waals surface area contributed by atoms with Crippen molar-refractivity contribution in [3.8, 4) is 0 Å². The van der Waals surface area contributed by atoms with E-state index in [-0.39, 0.29) is 18.7 Å². The molecule has 22 heavy (non-hydrogen) atoms. The lowest BCUT2D eigenvalue weighted by atomic mass is 10.2. The zero-order valence-electron chi connectivity index (χ0n) is 11.7. The summed E-state index contributed by atoms with van der Waals surface area (Å²) in [6, 6.07) is 14.2. The number of para-hydroxylation sites is 1. The van der Waals surface area contributed by atoms with Crippen LogP contribution in [0.1, 0.15) is 0 Å². The third-order valence-corrected chi connectivity index (χ3v) is 3.54. The third-order valence-electron chi connectivity index (χ3n) is 3.29. The summed E-state index contributed by atoms with van der Waals surface area (Å²) >= 11 is 5.87. The maximum absolute atomic E-state index is 12.5. The molecule has 1 aromatic heterocycles. The van der Waals surface area contributed by atoms with Crippen molar-refractivity contribution in [3.63, 3.8) is 0 Å². The molecule has 6 heteroatoms. The van der Waals surface area contributed by atoms with E-state index in [0.29, 0.717) is 21.9 Å². The van der Waals surface area contributed by atoms with Crippen LogP contribution in [0.4, 0.5) is 11.6 Å². The Morgan fingerprint density at radius 1 is 1.14 bits per heavy atom. The number of nitrogens with one attached hydrogen (secondary N) is 1. The quantitative estimate of drug-likeness (QED) is 0.777. The first-order chi connectivity index (χ1) is 10.7. The molecular formula is C16H14ClN3O2. The molecule has 0 atom stereocenters. The fourth-order valence-corrected chi connectivity index (χ4v) is 2.36. The van der Waals surface area contributed by atoms with E-state index >= 15 is 0 Å². The van der Waals surface area contributed by atoms with E-state index < -0.39 is 0 Å². The minimum absolute atomic E-state index is 0.144. The van der Waals surface area contributed by atoms with Crippen molar-refractivity contribution in [2.24, 2.45) is 0 Å². The van der Waals surface area contributed by atoms with Crippen LogP contribution >= 0.6 is 11.6 Å². The van der Waals surface area contributed by atoms with Gasteiger partial charge >= 0.3 is 0 Å². The van der Waals surface area contributed by atoms with Crippen molar-refractivity contribution in [3.05, 3.63) is 63.9 Å². The minimum Gasteiger partial charge on any atom is -0.395 e. The van der Waals surface area contributed by atoms with Gasteiger partial charge in [0, 0.05) is 10.7 Å². The highest BCUT2D eigenvalue weighted by Crippen LogP contribution is 2.18. The van der Waals surface area contributed by atoms with Gasteiger partial charge in [-0.25, -0.2) is 4.98 Å². The Morgan fingerprint density at radius 3 is 2.59 bits per heavy atom. The summed E-state index contributed by atoms with van der Waals surface area (Å²) in [5, 5.41) is 13.5. The molecule has 0 aliphatic heterocycles. The van der Waals surface area contributed by atoms with Crippen LogP contribution < -0.4 is 10.9 Å². The minimum atomic E-state index is -0.184. The van der Waals surface area contributed by atoms with Gasteiger partial charge in [0.05, 0.1) is 24.1 Å². The summed E-state index contributed by atoms with van der Waals surface area (Å²) in [5.41, 5.74) is 1.19. The lowest BCUT2D eigenvalue weighted by molar-refractivity contribution is 0.275. The average molecular weight is 316 g/mol. The first-order valence-electron chi connectivity index (χ1n) is 6.82. The van der Waals surface area contributed by atoms with Crippen molar-refractivity contribution < 1.29 is 5.11 Å². The number of hydrogen-bond donors (Lipinski definition) is 2. The van der Waals surface area contributed by atoms with Gasteiger partial charge in [0.15, 0.2) is 0 Å². The van der Waals surface area contributed by atoms with Gasteiger partial charge < -0.3 is 10.4 Å². The van der Waals surface area contributed by atoms with Crippen molar-refractivity contribution in [2.75, 3.05) is 11.9 Å². The largest absolute Gasteiger partial charge is 0.395 e. The molecule has 0 bridgehead atoms. The molecule has 0 unspecified atom stereocenters. The first-order valence-corrected chi connectivity index (χ1v) is 7.20. The Balaban J connectivity index is 2.12. The van der Waals surface area contributed by atoms with Gasteiger partial charge in [-0.3, -0.25) is 9.36 Å². The monoisotopic (exact) mass is 315 g/mol. The summed E-state index contributed by atoms with van der Waals surface area (Å²) < 4.78 is 1.43. The molecule has 0 saturated carbocycles. The number of anilines is 2. The Kier molecular flexibility index (Phi) is 4.09. The van der Waals surface area contributed by atoms with Gasteiger partial charge in [-0.15, -0.1) is 0 Å². The number of rotatable bonds is 4. The SMILES string of the molecule is O=c1c2ccccc2nc(Nc2ccc(Cl)cc2)n1CCO. The van der Waals surface area contributed by atoms with Gasteiger partial charge in [-0.1, -0.05) is 23.7 Å². The summed E-state index contributed by atoms with van der Waals surface area (Å²) in [6.07, 6.45) is 0. The van der Waals surface area contributed by atoms with Gasteiger partial charge in [-0.05, 0) is 36.4 Å². The van der Waals surface area contributed by atoms with Crippen LogP contribution in [0.2, 0.25) is 5.02 Å². The van der Waals surface area contributed by atoms with Crippen LogP contribution in [0.25, 0.3) is 10.9 Å². The zero-order valence-corrected chi connectivity index (χ0v) is 12.4. The molecule has 0 radical (unpaired) electrons. The second-order valence-electron chi connectivity index (χ2n) is 4.76. The summed E-state index contributed by atoms with van der Waals surface area (Å²) in [5.74, 6) is 0.389. The van der Waals surface area contributed by atoms with Crippen molar-refractivity contribution in [2.45, 2.75) is 6.54 Å². The van der Waals surface area contributed by atoms with Crippen LogP contribution in [0, 0.1) is 0 Å². The Hall–Kier alpha value is -2.37. The highest BCUT2D eigenvalue weighted by Gasteiger charge is 2.10. The molecule has 0 saturated heterocycles. The summed E-state index contributed by atoms with van der Waals surface area (Å²) in [7, 11) is 0. The van der Waals surface area contributed by atoms with Gasteiger partial charge in [0.25, 0.3) is 5.56 Å². The molecule has 0 aliphatic rings. The summed E-state index contributed by atoms with van der Waals surface area (Å²) in [6.45, 7) is 0.0296. The molecule has 0 aliphatic carbocycles. The molecule has 5 nitrogen and oxygen atoms in total. The fourth-order valence-electron chi connectivity index (χ4n) is 2.23. The maximum atomic E-state index is 12.5. The Morgan fingerprint density at radius 2 is 1.86 bits per heavy atom. The van der Waals surface area contributed by atoms with E-state index in [4.69, 9.17) is 11.6 Å². The number of benzene rings is 2. The van der Waals surface area contributed by atoms with Crippen LogP contribution in [0.3, 0.4) is 0 Å². The maximum Gasteiger partial charge on any atom is 0.262 e. The number of aliphatic hydroxyl groups is 1. The Labute approximate surface area is 131 Å². The number of aromatic nitrogens is 2. The fraction of sp³-hybridized carbons (Fsp3) is 0.125. The van der Waals surface area contributed by atoms with Crippen LogP contribution in [0.5, 0.6) is 0 Å². The van der Waals surface area contributed by atoms with E-state index in [9.17, 15) is 9.90 Å². The number of halogens is 1. The van der Waals surface area contributed by atoms with E-state index in [1.165, 1.54) is 4.57 Å². The number of hydrogen-bond acceptors (Lipinski definition) is 4. The lowest BCUT2D eigenvalue weighted by Crippen LogP contribution is -2.25. The van der Waals surface area contributed by atoms with Gasteiger partial charge in [0.2, 0.25) is 5.95 Å². The van der Waals surface area contributed by atoms with Crippen molar-refractivity contribution >= 4 is 34.1 Å². The van der Waals surface area contributed by atoms with E-state index in [2.05, 4.69) is 10.3 Å². The van der Waals surface area contributed by atoms with Gasteiger partial charge in [0.1, 0.15) is 0 Å². The second-order valence-corrected chi connectivity index (χ2v) is 5.20. The molecule has 112 valence electrons. The predicted octanol–water partition coefficient (Wildman–Crippen LogP) is 2.79. The van der Waals surface area contributed by atoms with Crippen LogP contribution in [-0.2, 0) is 6.54 Å². The second kappa shape index (κ2) is 6.17. The van der Waals surface area contributed by atoms with E-state index in [1.54, 1.807) is 42.5 Å². The smallest absolute Gasteiger partial charge is 0.262 e. The number of aliphatic hydroxyl groups excluding tert-OH is 1. The molecule has 0 fully saturated rings.